The quantitative estimate of drug-likeness (QED) is 0.476. The van der Waals surface area contributed by atoms with E-state index in [2.05, 4.69) is 127 Å². The van der Waals surface area contributed by atoms with Crippen LogP contribution in [0, 0.1) is 11.8 Å². The molecule has 2 aromatic rings. The maximum atomic E-state index is 3.82. The second kappa shape index (κ2) is 10.6. The molecule has 172 valence electrons. The largest absolute Gasteiger partial charge is 0.384 e. The monoisotopic (exact) mass is 446 g/mol. The van der Waals surface area contributed by atoms with Crippen LogP contribution < -0.4 is 10.6 Å². The average molecular weight is 447 g/mol. The number of benzene rings is 2. The van der Waals surface area contributed by atoms with Crippen LogP contribution in [-0.2, 0) is 0 Å². The van der Waals surface area contributed by atoms with Gasteiger partial charge in [0.25, 0.3) is 0 Å². The molecule has 2 nitrogen and oxygen atoms in total. The molecule has 0 heterocycles. The zero-order valence-electron chi connectivity index (χ0n) is 20.0. The van der Waals surface area contributed by atoms with Crippen molar-refractivity contribution in [2.75, 3.05) is 6.54 Å². The van der Waals surface area contributed by atoms with Crippen molar-refractivity contribution >= 4 is 11.1 Å². The van der Waals surface area contributed by atoms with Crippen LogP contribution in [0.5, 0.6) is 0 Å². The second-order valence-corrected chi connectivity index (χ2v) is 9.46. The second-order valence-electron chi connectivity index (χ2n) is 9.46. The highest BCUT2D eigenvalue weighted by molar-refractivity contribution is 5.80. The molecule has 0 bridgehead atoms. The van der Waals surface area contributed by atoms with Crippen molar-refractivity contribution in [3.63, 3.8) is 0 Å². The first kappa shape index (κ1) is 22.3. The minimum Gasteiger partial charge on any atom is -0.384 e. The Kier molecular flexibility index (Phi) is 6.95. The third kappa shape index (κ3) is 5.34. The number of allylic oxidation sites excluding steroid dienone is 7. The van der Waals surface area contributed by atoms with E-state index in [9.17, 15) is 0 Å². The van der Waals surface area contributed by atoms with E-state index in [1.165, 1.54) is 33.7 Å². The van der Waals surface area contributed by atoms with E-state index in [1.54, 1.807) is 0 Å². The van der Waals surface area contributed by atoms with E-state index >= 15 is 0 Å². The van der Waals surface area contributed by atoms with E-state index < -0.39 is 0 Å². The highest BCUT2D eigenvalue weighted by atomic mass is 15.0. The number of hydrogen-bond acceptors (Lipinski definition) is 2. The van der Waals surface area contributed by atoms with Gasteiger partial charge < -0.3 is 10.6 Å². The van der Waals surface area contributed by atoms with Gasteiger partial charge in [0.2, 0.25) is 0 Å². The highest BCUT2D eigenvalue weighted by Crippen LogP contribution is 2.31. The minimum atomic E-state index is 0.274. The molecular weight excluding hydrogens is 412 g/mol. The third-order valence-electron chi connectivity index (χ3n) is 6.90. The first-order valence-electron chi connectivity index (χ1n) is 12.6. The Morgan fingerprint density at radius 2 is 1.59 bits per heavy atom. The maximum Gasteiger partial charge on any atom is 0.0527 e. The summed E-state index contributed by atoms with van der Waals surface area (Å²) in [6.07, 6.45) is 21.9. The van der Waals surface area contributed by atoms with Gasteiger partial charge in [-0.1, -0.05) is 104 Å². The van der Waals surface area contributed by atoms with Crippen molar-refractivity contribution in [2.45, 2.75) is 32.2 Å². The molecule has 0 spiro atoms. The summed E-state index contributed by atoms with van der Waals surface area (Å²) in [4.78, 5) is 0. The Bertz CT molecular complexity index is 1160. The zero-order chi connectivity index (χ0) is 23.2. The molecule has 5 rings (SSSR count). The molecule has 3 unspecified atom stereocenters. The van der Waals surface area contributed by atoms with Crippen LogP contribution in [0.2, 0.25) is 0 Å². The third-order valence-corrected chi connectivity index (χ3v) is 6.90. The summed E-state index contributed by atoms with van der Waals surface area (Å²) >= 11 is 0. The fraction of sp³-hybridized carbons (Fsp3) is 0.250. The van der Waals surface area contributed by atoms with Gasteiger partial charge in [0.05, 0.1) is 6.04 Å². The molecule has 34 heavy (non-hydrogen) atoms. The molecule has 3 aliphatic carbocycles. The molecule has 0 saturated heterocycles. The van der Waals surface area contributed by atoms with E-state index in [0.717, 1.165) is 25.8 Å². The lowest BCUT2D eigenvalue weighted by Crippen LogP contribution is -2.36. The maximum absolute atomic E-state index is 3.82. The van der Waals surface area contributed by atoms with Crippen LogP contribution in [0.15, 0.2) is 121 Å². The Morgan fingerprint density at radius 1 is 0.824 bits per heavy atom. The summed E-state index contributed by atoms with van der Waals surface area (Å²) in [6, 6.07) is 21.7. The highest BCUT2D eigenvalue weighted by Gasteiger charge is 2.23. The first-order valence-corrected chi connectivity index (χ1v) is 12.6. The summed E-state index contributed by atoms with van der Waals surface area (Å²) in [5, 5.41) is 7.58. The average Bonchev–Trinajstić information content (AvgIpc) is 2.91. The lowest BCUT2D eigenvalue weighted by molar-refractivity contribution is 0.533. The van der Waals surface area contributed by atoms with Crippen molar-refractivity contribution in [1.82, 2.24) is 10.6 Å². The molecule has 0 amide bonds. The van der Waals surface area contributed by atoms with Crippen molar-refractivity contribution in [2.24, 2.45) is 11.8 Å². The van der Waals surface area contributed by atoms with Crippen molar-refractivity contribution in [3.05, 3.63) is 132 Å². The van der Waals surface area contributed by atoms with Gasteiger partial charge in [0, 0.05) is 23.5 Å². The summed E-state index contributed by atoms with van der Waals surface area (Å²) in [5.41, 5.74) is 7.67. The Balaban J connectivity index is 1.30. The Hall–Kier alpha value is -3.52. The van der Waals surface area contributed by atoms with Gasteiger partial charge >= 0.3 is 0 Å². The van der Waals surface area contributed by atoms with Crippen LogP contribution in [-0.4, -0.2) is 12.6 Å². The molecule has 0 aliphatic heterocycles. The predicted molar refractivity (Wildman–Crippen MR) is 145 cm³/mol. The molecule has 3 atom stereocenters. The SMILES string of the molecule is CC1C=C(c2ccccc2)C(NCC2C=CC(c3ccccc3)=CC2)=CC1NC1=CCCC=C1. The molecule has 2 N–H and O–H groups in total. The van der Waals surface area contributed by atoms with Crippen molar-refractivity contribution in [3.8, 4) is 0 Å². The Labute approximate surface area is 204 Å². The van der Waals surface area contributed by atoms with Crippen LogP contribution in [0.1, 0.15) is 37.3 Å². The zero-order valence-corrected chi connectivity index (χ0v) is 20.0. The van der Waals surface area contributed by atoms with Crippen molar-refractivity contribution in [1.29, 1.82) is 0 Å². The van der Waals surface area contributed by atoms with Crippen LogP contribution >= 0.6 is 0 Å². The fourth-order valence-corrected chi connectivity index (χ4v) is 4.89. The number of rotatable bonds is 7. The molecule has 3 aliphatic rings. The van der Waals surface area contributed by atoms with Gasteiger partial charge in [0.1, 0.15) is 0 Å². The van der Waals surface area contributed by atoms with Gasteiger partial charge in [-0.15, -0.1) is 0 Å². The smallest absolute Gasteiger partial charge is 0.0527 e. The predicted octanol–water partition coefficient (Wildman–Crippen LogP) is 7.05. The topological polar surface area (TPSA) is 24.1 Å². The fourth-order valence-electron chi connectivity index (χ4n) is 4.89. The molecule has 0 aromatic heterocycles. The molecule has 2 aromatic carbocycles. The van der Waals surface area contributed by atoms with E-state index in [1.807, 2.05) is 0 Å². The lowest BCUT2D eigenvalue weighted by atomic mass is 9.86. The first-order chi connectivity index (χ1) is 16.8. The van der Waals surface area contributed by atoms with E-state index in [4.69, 9.17) is 0 Å². The van der Waals surface area contributed by atoms with Gasteiger partial charge in [-0.3, -0.25) is 0 Å². The molecule has 0 saturated carbocycles. The molecule has 2 heteroatoms. The number of hydrogen-bond donors (Lipinski definition) is 2. The van der Waals surface area contributed by atoms with Gasteiger partial charge in [-0.25, -0.2) is 0 Å². The molecule has 0 radical (unpaired) electrons. The number of nitrogens with one attached hydrogen (secondary N) is 2. The van der Waals surface area contributed by atoms with Gasteiger partial charge in [-0.2, -0.15) is 0 Å². The molecule has 0 fully saturated rings. The van der Waals surface area contributed by atoms with Crippen LogP contribution in [0.25, 0.3) is 11.1 Å². The van der Waals surface area contributed by atoms with Gasteiger partial charge in [-0.05, 0) is 60.0 Å². The Morgan fingerprint density at radius 3 is 2.26 bits per heavy atom. The van der Waals surface area contributed by atoms with E-state index in [0.29, 0.717) is 11.8 Å². The van der Waals surface area contributed by atoms with Gasteiger partial charge in [0.15, 0.2) is 0 Å². The van der Waals surface area contributed by atoms with Crippen LogP contribution in [0.3, 0.4) is 0 Å². The van der Waals surface area contributed by atoms with E-state index in [-0.39, 0.29) is 6.04 Å². The lowest BCUT2D eigenvalue weighted by Gasteiger charge is -2.31. The minimum absolute atomic E-state index is 0.274. The summed E-state index contributed by atoms with van der Waals surface area (Å²) in [7, 11) is 0. The summed E-state index contributed by atoms with van der Waals surface area (Å²) in [6.45, 7) is 3.23. The summed E-state index contributed by atoms with van der Waals surface area (Å²) in [5.74, 6) is 0.892. The van der Waals surface area contributed by atoms with Crippen molar-refractivity contribution < 1.29 is 0 Å². The summed E-state index contributed by atoms with van der Waals surface area (Å²) < 4.78 is 0. The normalized spacial score (nSPS) is 24.0. The molecular formula is C32H34N2. The van der Waals surface area contributed by atoms with Crippen LogP contribution in [0.4, 0.5) is 0 Å². The standard InChI is InChI=1S/C32H34N2/c1-24-21-30(28-13-7-3-8-14-28)32(22-31(24)34-29-15-9-4-10-16-29)33-23-25-17-19-27(20-18-25)26-11-5-2-6-12-26/h2-3,5-9,11-17,19-22,24-25,31,33-34H,4,10,18,23H2,1H3.